The van der Waals surface area contributed by atoms with Gasteiger partial charge in [0.2, 0.25) is 0 Å². The lowest BCUT2D eigenvalue weighted by molar-refractivity contribution is 0.0690. The molecule has 2 amide bonds. The molecule has 0 fully saturated rings. The van der Waals surface area contributed by atoms with E-state index in [1.165, 1.54) is 37.1 Å². The molecular weight excluding hydrogens is 436 g/mol. The van der Waals surface area contributed by atoms with Gasteiger partial charge >= 0.3 is 5.97 Å². The lowest BCUT2D eigenvalue weighted by Crippen LogP contribution is -2.14. The zero-order valence-corrected chi connectivity index (χ0v) is 17.1. The van der Waals surface area contributed by atoms with Crippen LogP contribution in [0.3, 0.4) is 0 Å². The average molecular weight is 450 g/mol. The zero-order chi connectivity index (χ0) is 21.8. The number of hydrogen-bond acceptors (Lipinski definition) is 10. The zero-order valence-electron chi connectivity index (χ0n) is 15.5. The normalized spacial score (nSPS) is 10.3. The number of carbonyl (C=O) groups excluding carboxylic acids is 2. The first-order chi connectivity index (χ1) is 14.3. The third kappa shape index (κ3) is 4.47. The van der Waals surface area contributed by atoms with E-state index in [0.29, 0.717) is 0 Å². The number of amides is 2. The van der Waals surface area contributed by atoms with Gasteiger partial charge in [-0.25, -0.2) is 14.8 Å². The van der Waals surface area contributed by atoms with Crippen molar-refractivity contribution >= 4 is 50.7 Å². The lowest BCUT2D eigenvalue weighted by atomic mass is 10.1. The van der Waals surface area contributed by atoms with Gasteiger partial charge in [-0.15, -0.1) is 22.7 Å². The van der Waals surface area contributed by atoms with Crippen LogP contribution in [0.2, 0.25) is 0 Å². The first-order valence-electron chi connectivity index (χ1n) is 8.04. The van der Waals surface area contributed by atoms with Gasteiger partial charge in [-0.2, -0.15) is 0 Å². The topological polar surface area (TPSA) is 160 Å². The predicted octanol–water partition coefficient (Wildman–Crippen LogP) is 2.53. The minimum atomic E-state index is -1.20. The highest BCUT2D eigenvalue weighted by Crippen LogP contribution is 2.34. The molecule has 3 aromatic rings. The largest absolute Gasteiger partial charge is 0.507 e. The number of ether oxygens (including phenoxy) is 2. The molecule has 2 heterocycles. The van der Waals surface area contributed by atoms with Gasteiger partial charge in [-0.1, -0.05) is 0 Å². The smallest absolute Gasteiger partial charge is 0.355 e. The number of methoxy groups -OCH3 is 2. The number of carbonyl (C=O) groups is 3. The van der Waals surface area contributed by atoms with E-state index in [1.54, 1.807) is 0 Å². The SMILES string of the molecule is COc1cc(O)c(C(=O)Nc2nc(C(=O)Nc3nc(C(=O)O)cs3)cs2)cc1OC. The quantitative estimate of drug-likeness (QED) is 0.424. The maximum absolute atomic E-state index is 12.5. The number of nitrogens with one attached hydrogen (secondary N) is 2. The number of anilines is 2. The van der Waals surface area contributed by atoms with E-state index >= 15 is 0 Å². The van der Waals surface area contributed by atoms with Crippen molar-refractivity contribution in [1.29, 1.82) is 0 Å². The van der Waals surface area contributed by atoms with E-state index in [-0.39, 0.29) is 44.5 Å². The number of phenolic OH excluding ortho intramolecular Hbond substituents is 1. The molecule has 2 aromatic heterocycles. The van der Waals surface area contributed by atoms with Crippen LogP contribution in [0, 0.1) is 0 Å². The van der Waals surface area contributed by atoms with E-state index in [9.17, 15) is 19.5 Å². The first-order valence-corrected chi connectivity index (χ1v) is 9.80. The third-order valence-corrected chi connectivity index (χ3v) is 5.16. The summed E-state index contributed by atoms with van der Waals surface area (Å²) >= 11 is 1.95. The minimum Gasteiger partial charge on any atom is -0.507 e. The van der Waals surface area contributed by atoms with Crippen molar-refractivity contribution in [2.75, 3.05) is 24.9 Å². The molecule has 11 nitrogen and oxygen atoms in total. The number of hydrogen-bond donors (Lipinski definition) is 4. The second-order valence-corrected chi connectivity index (χ2v) is 7.23. The molecule has 13 heteroatoms. The van der Waals surface area contributed by atoms with Crippen molar-refractivity contribution in [2.45, 2.75) is 0 Å². The van der Waals surface area contributed by atoms with Crippen LogP contribution in [0.4, 0.5) is 10.3 Å². The van der Waals surface area contributed by atoms with Crippen LogP contribution >= 0.6 is 22.7 Å². The van der Waals surface area contributed by atoms with Gasteiger partial charge in [0.05, 0.1) is 19.8 Å². The molecule has 1 aromatic carbocycles. The fraction of sp³-hybridized carbons (Fsp3) is 0.118. The molecule has 0 bridgehead atoms. The van der Waals surface area contributed by atoms with Crippen LogP contribution in [0.5, 0.6) is 17.2 Å². The van der Waals surface area contributed by atoms with Crippen molar-refractivity contribution in [1.82, 2.24) is 9.97 Å². The van der Waals surface area contributed by atoms with Crippen molar-refractivity contribution in [3.63, 3.8) is 0 Å². The minimum absolute atomic E-state index is 0.00101. The Bertz CT molecular complexity index is 1130. The number of carboxylic acids is 1. The summed E-state index contributed by atoms with van der Waals surface area (Å²) in [6, 6.07) is 2.56. The Balaban J connectivity index is 1.71. The maximum Gasteiger partial charge on any atom is 0.355 e. The molecule has 4 N–H and O–H groups in total. The molecule has 3 rings (SSSR count). The molecule has 0 atom stereocenters. The van der Waals surface area contributed by atoms with E-state index in [1.807, 2.05) is 0 Å². The van der Waals surface area contributed by atoms with Crippen LogP contribution in [0.15, 0.2) is 22.9 Å². The van der Waals surface area contributed by atoms with Gasteiger partial charge < -0.3 is 19.7 Å². The molecule has 0 aliphatic heterocycles. The molecule has 0 saturated heterocycles. The van der Waals surface area contributed by atoms with Gasteiger partial charge in [-0.05, 0) is 0 Å². The Morgan fingerprint density at radius 2 is 1.43 bits per heavy atom. The van der Waals surface area contributed by atoms with Crippen LogP contribution < -0.4 is 20.1 Å². The van der Waals surface area contributed by atoms with Gasteiger partial charge in [0.25, 0.3) is 11.8 Å². The van der Waals surface area contributed by atoms with Gasteiger partial charge in [0.15, 0.2) is 27.5 Å². The highest BCUT2D eigenvalue weighted by molar-refractivity contribution is 7.14. The Morgan fingerprint density at radius 1 is 0.900 bits per heavy atom. The third-order valence-electron chi connectivity index (χ3n) is 3.65. The van der Waals surface area contributed by atoms with Crippen LogP contribution in [-0.2, 0) is 0 Å². The Morgan fingerprint density at radius 3 is 2.00 bits per heavy atom. The van der Waals surface area contributed by atoms with Gasteiger partial charge in [0, 0.05) is 22.9 Å². The van der Waals surface area contributed by atoms with E-state index in [0.717, 1.165) is 22.7 Å². The summed E-state index contributed by atoms with van der Waals surface area (Å²) in [6.07, 6.45) is 0. The molecule has 0 aliphatic carbocycles. The number of nitrogens with zero attached hydrogens (tertiary/aromatic N) is 2. The number of aromatic hydroxyl groups is 1. The summed E-state index contributed by atoms with van der Waals surface area (Å²) < 4.78 is 10.2. The van der Waals surface area contributed by atoms with Crippen LogP contribution in [-0.4, -0.2) is 52.2 Å². The van der Waals surface area contributed by atoms with Gasteiger partial charge in [-0.3, -0.25) is 20.2 Å². The number of aromatic carboxylic acids is 1. The molecule has 0 radical (unpaired) electrons. The number of benzene rings is 1. The molecule has 0 saturated carbocycles. The van der Waals surface area contributed by atoms with Crippen LogP contribution in [0.25, 0.3) is 0 Å². The molecule has 30 heavy (non-hydrogen) atoms. The summed E-state index contributed by atoms with van der Waals surface area (Å²) in [5.74, 6) is -2.30. The monoisotopic (exact) mass is 450 g/mol. The number of aromatic nitrogens is 2. The lowest BCUT2D eigenvalue weighted by Gasteiger charge is -2.11. The maximum atomic E-state index is 12.5. The van der Waals surface area contributed by atoms with Crippen LogP contribution in [0.1, 0.15) is 31.3 Å². The van der Waals surface area contributed by atoms with Gasteiger partial charge in [0.1, 0.15) is 11.4 Å². The van der Waals surface area contributed by atoms with Crippen molar-refractivity contribution in [3.05, 3.63) is 39.8 Å². The standard InChI is InChI=1S/C17H14N4O7S2/c1-27-11-3-7(10(22)4-12(11)28-2)13(23)20-16-18-8(5-29-16)14(24)21-17-19-9(6-30-17)15(25)26/h3-6,22H,1-2H3,(H,25,26)(H,18,20,23)(H,19,21,24). The number of carboxylic acid groups (broad SMARTS) is 1. The number of thiazole rings is 2. The second-order valence-electron chi connectivity index (χ2n) is 5.51. The number of phenols is 1. The summed E-state index contributed by atoms with van der Waals surface area (Å²) in [5, 5.41) is 26.8. The Kier molecular flexibility index (Phi) is 6.13. The Labute approximate surface area is 176 Å². The van der Waals surface area contributed by atoms with Crippen molar-refractivity contribution in [2.24, 2.45) is 0 Å². The predicted molar refractivity (Wildman–Crippen MR) is 108 cm³/mol. The molecule has 0 unspecified atom stereocenters. The highest BCUT2D eigenvalue weighted by atomic mass is 32.1. The summed E-state index contributed by atoms with van der Waals surface area (Å²) in [6.45, 7) is 0. The molecule has 0 spiro atoms. The van der Waals surface area contributed by atoms with Crippen molar-refractivity contribution < 1.29 is 34.1 Å². The number of rotatable bonds is 7. The average Bonchev–Trinajstić information content (AvgIpc) is 3.37. The van der Waals surface area contributed by atoms with E-state index in [4.69, 9.17) is 14.6 Å². The Hall–Kier alpha value is -3.71. The van der Waals surface area contributed by atoms with E-state index < -0.39 is 17.8 Å². The summed E-state index contributed by atoms with van der Waals surface area (Å²) in [7, 11) is 2.79. The first kappa shape index (κ1) is 21.0. The summed E-state index contributed by atoms with van der Waals surface area (Å²) in [5.41, 5.74) is -0.256. The second kappa shape index (κ2) is 8.75. The molecule has 156 valence electrons. The van der Waals surface area contributed by atoms with Crippen molar-refractivity contribution in [3.8, 4) is 17.2 Å². The fourth-order valence-electron chi connectivity index (χ4n) is 2.24. The highest BCUT2D eigenvalue weighted by Gasteiger charge is 2.19. The fourth-order valence-corrected chi connectivity index (χ4v) is 3.61. The molecular formula is C17H14N4O7S2. The molecule has 0 aliphatic rings. The summed E-state index contributed by atoms with van der Waals surface area (Å²) in [4.78, 5) is 43.3. The van der Waals surface area contributed by atoms with E-state index in [2.05, 4.69) is 20.6 Å².